The smallest absolute Gasteiger partial charge is 0.136 e. The highest BCUT2D eigenvalue weighted by Gasteiger charge is 2.28. The highest BCUT2D eigenvalue weighted by molar-refractivity contribution is 5.49. The average molecular weight is 276 g/mol. The molecule has 0 aromatic carbocycles. The molecule has 20 heavy (non-hydrogen) atoms. The van der Waals surface area contributed by atoms with E-state index in [0.29, 0.717) is 12.0 Å². The molecule has 0 amide bonds. The Morgan fingerprint density at radius 2 is 2.15 bits per heavy atom. The largest absolute Gasteiger partial charge is 0.376 e. The zero-order chi connectivity index (χ0) is 13.9. The summed E-state index contributed by atoms with van der Waals surface area (Å²) < 4.78 is 5.82. The minimum atomic E-state index is 0.339. The number of rotatable bonds is 5. The third kappa shape index (κ3) is 3.20. The molecule has 1 unspecified atom stereocenters. The quantitative estimate of drug-likeness (QED) is 0.895. The van der Waals surface area contributed by atoms with Crippen LogP contribution in [0.5, 0.6) is 0 Å². The summed E-state index contributed by atoms with van der Waals surface area (Å²) in [6.45, 7) is 1.81. The highest BCUT2D eigenvalue weighted by atomic mass is 16.5. The summed E-state index contributed by atoms with van der Waals surface area (Å²) in [5.41, 5.74) is 0. The molecule has 1 aromatic heterocycles. The lowest BCUT2D eigenvalue weighted by molar-refractivity contribution is 0.0215. The summed E-state index contributed by atoms with van der Waals surface area (Å²) in [5.74, 6) is 3.47. The Morgan fingerprint density at radius 3 is 2.80 bits per heavy atom. The van der Waals surface area contributed by atoms with Crippen LogP contribution in [0, 0.1) is 0 Å². The molecule has 110 valence electrons. The number of anilines is 2. The summed E-state index contributed by atoms with van der Waals surface area (Å²) in [7, 11) is 4.00. The van der Waals surface area contributed by atoms with Crippen LogP contribution >= 0.6 is 0 Å². The van der Waals surface area contributed by atoms with Gasteiger partial charge in [-0.1, -0.05) is 0 Å². The van der Waals surface area contributed by atoms with Crippen molar-refractivity contribution < 1.29 is 4.74 Å². The molecule has 0 spiro atoms. The first-order chi connectivity index (χ1) is 9.76. The van der Waals surface area contributed by atoms with Gasteiger partial charge in [-0.2, -0.15) is 0 Å². The van der Waals surface area contributed by atoms with Gasteiger partial charge in [0, 0.05) is 39.2 Å². The van der Waals surface area contributed by atoms with E-state index in [4.69, 9.17) is 9.72 Å². The van der Waals surface area contributed by atoms with Gasteiger partial charge < -0.3 is 15.0 Å². The first-order valence-corrected chi connectivity index (χ1v) is 7.65. The van der Waals surface area contributed by atoms with Gasteiger partial charge in [-0.15, -0.1) is 0 Å². The van der Waals surface area contributed by atoms with Crippen LogP contribution in [-0.4, -0.2) is 43.3 Å². The molecule has 1 aromatic rings. The SMILES string of the molecule is CNc1cc(N(C)CC2CCCCO2)nc(C2CC2)n1. The summed E-state index contributed by atoms with van der Waals surface area (Å²) in [4.78, 5) is 11.5. The third-order valence-electron chi connectivity index (χ3n) is 4.07. The lowest BCUT2D eigenvalue weighted by Crippen LogP contribution is -2.34. The molecule has 2 heterocycles. The van der Waals surface area contributed by atoms with E-state index in [1.54, 1.807) is 0 Å². The minimum Gasteiger partial charge on any atom is -0.376 e. The fraction of sp³-hybridized carbons (Fsp3) is 0.733. The number of likely N-dealkylation sites (N-methyl/N-ethyl adjacent to an activating group) is 1. The Hall–Kier alpha value is -1.36. The Balaban J connectivity index is 1.72. The van der Waals surface area contributed by atoms with Crippen LogP contribution in [0.3, 0.4) is 0 Å². The second kappa shape index (κ2) is 5.95. The molecule has 5 heteroatoms. The van der Waals surface area contributed by atoms with Gasteiger partial charge in [-0.05, 0) is 32.1 Å². The Kier molecular flexibility index (Phi) is 4.05. The van der Waals surface area contributed by atoms with Crippen molar-refractivity contribution >= 4 is 11.6 Å². The molecule has 1 aliphatic heterocycles. The van der Waals surface area contributed by atoms with E-state index in [0.717, 1.165) is 37.0 Å². The maximum Gasteiger partial charge on any atom is 0.136 e. The summed E-state index contributed by atoms with van der Waals surface area (Å²) in [6.07, 6.45) is 6.42. The van der Waals surface area contributed by atoms with Crippen molar-refractivity contribution in [3.8, 4) is 0 Å². The molecule has 1 saturated heterocycles. The minimum absolute atomic E-state index is 0.339. The molecular weight excluding hydrogens is 252 g/mol. The van der Waals surface area contributed by atoms with Crippen molar-refractivity contribution in [2.75, 3.05) is 37.5 Å². The highest BCUT2D eigenvalue weighted by Crippen LogP contribution is 2.39. The third-order valence-corrected chi connectivity index (χ3v) is 4.07. The number of hydrogen-bond donors (Lipinski definition) is 1. The number of nitrogens with one attached hydrogen (secondary N) is 1. The van der Waals surface area contributed by atoms with Crippen molar-refractivity contribution in [1.82, 2.24) is 9.97 Å². The van der Waals surface area contributed by atoms with Crippen molar-refractivity contribution in [1.29, 1.82) is 0 Å². The summed E-state index contributed by atoms with van der Waals surface area (Å²) >= 11 is 0. The molecule has 1 N–H and O–H groups in total. The van der Waals surface area contributed by atoms with Gasteiger partial charge >= 0.3 is 0 Å². The van der Waals surface area contributed by atoms with Gasteiger partial charge in [-0.3, -0.25) is 0 Å². The molecule has 5 nitrogen and oxygen atoms in total. The molecule has 1 aliphatic carbocycles. The average Bonchev–Trinajstić information content (AvgIpc) is 3.32. The van der Waals surface area contributed by atoms with Crippen molar-refractivity contribution in [2.24, 2.45) is 0 Å². The van der Waals surface area contributed by atoms with E-state index in [9.17, 15) is 0 Å². The maximum atomic E-state index is 5.82. The zero-order valence-corrected chi connectivity index (χ0v) is 12.4. The molecule has 0 bridgehead atoms. The van der Waals surface area contributed by atoms with E-state index in [1.807, 2.05) is 13.1 Å². The van der Waals surface area contributed by atoms with Crippen LogP contribution in [0.1, 0.15) is 43.8 Å². The number of ether oxygens (including phenoxy) is 1. The molecule has 0 radical (unpaired) electrons. The van der Waals surface area contributed by atoms with Crippen LogP contribution in [-0.2, 0) is 4.74 Å². The van der Waals surface area contributed by atoms with Crippen LogP contribution < -0.4 is 10.2 Å². The van der Waals surface area contributed by atoms with Gasteiger partial charge in [0.05, 0.1) is 6.10 Å². The Morgan fingerprint density at radius 1 is 1.30 bits per heavy atom. The lowest BCUT2D eigenvalue weighted by atomic mass is 10.1. The van der Waals surface area contributed by atoms with Crippen LogP contribution in [0.15, 0.2) is 6.07 Å². The predicted molar refractivity (Wildman–Crippen MR) is 80.4 cm³/mol. The Bertz CT molecular complexity index is 455. The van der Waals surface area contributed by atoms with Gasteiger partial charge in [0.25, 0.3) is 0 Å². The topological polar surface area (TPSA) is 50.3 Å². The van der Waals surface area contributed by atoms with Gasteiger partial charge in [-0.25, -0.2) is 9.97 Å². The zero-order valence-electron chi connectivity index (χ0n) is 12.4. The molecule has 2 fully saturated rings. The van der Waals surface area contributed by atoms with Gasteiger partial charge in [0.1, 0.15) is 17.5 Å². The number of aromatic nitrogens is 2. The second-order valence-electron chi connectivity index (χ2n) is 5.86. The van der Waals surface area contributed by atoms with E-state index in [1.165, 1.54) is 25.7 Å². The predicted octanol–water partition coefficient (Wildman–Crippen LogP) is 2.40. The molecular formula is C15H24N4O. The molecule has 1 atom stereocenters. The van der Waals surface area contributed by atoms with Crippen LogP contribution in [0.2, 0.25) is 0 Å². The van der Waals surface area contributed by atoms with Crippen LogP contribution in [0.4, 0.5) is 11.6 Å². The van der Waals surface area contributed by atoms with E-state index in [-0.39, 0.29) is 0 Å². The van der Waals surface area contributed by atoms with Crippen LogP contribution in [0.25, 0.3) is 0 Å². The van der Waals surface area contributed by atoms with E-state index in [2.05, 4.69) is 22.2 Å². The van der Waals surface area contributed by atoms with Gasteiger partial charge in [0.15, 0.2) is 0 Å². The molecule has 3 rings (SSSR count). The summed E-state index contributed by atoms with van der Waals surface area (Å²) in [5, 5.41) is 3.14. The van der Waals surface area contributed by atoms with Crippen molar-refractivity contribution in [2.45, 2.75) is 44.1 Å². The lowest BCUT2D eigenvalue weighted by Gasteiger charge is -2.28. The number of hydrogen-bond acceptors (Lipinski definition) is 5. The van der Waals surface area contributed by atoms with E-state index >= 15 is 0 Å². The standard InChI is InChI=1S/C15H24N4O/c1-16-13-9-14(18-15(17-13)11-6-7-11)19(2)10-12-5-3-4-8-20-12/h9,11-12H,3-8,10H2,1-2H3,(H,16,17,18). The Labute approximate surface area is 120 Å². The molecule has 1 saturated carbocycles. The molecule has 2 aliphatic rings. The van der Waals surface area contributed by atoms with E-state index < -0.39 is 0 Å². The summed E-state index contributed by atoms with van der Waals surface area (Å²) in [6, 6.07) is 2.02. The maximum absolute atomic E-state index is 5.82. The first kappa shape index (κ1) is 13.6. The monoisotopic (exact) mass is 276 g/mol. The fourth-order valence-electron chi connectivity index (χ4n) is 2.65. The first-order valence-electron chi connectivity index (χ1n) is 7.65. The number of nitrogens with zero attached hydrogens (tertiary/aromatic N) is 3. The normalized spacial score (nSPS) is 22.6. The second-order valence-corrected chi connectivity index (χ2v) is 5.86. The van der Waals surface area contributed by atoms with Crippen molar-refractivity contribution in [3.05, 3.63) is 11.9 Å². The van der Waals surface area contributed by atoms with Gasteiger partial charge in [0.2, 0.25) is 0 Å². The fourth-order valence-corrected chi connectivity index (χ4v) is 2.65. The van der Waals surface area contributed by atoms with Crippen molar-refractivity contribution in [3.63, 3.8) is 0 Å².